The first-order chi connectivity index (χ1) is 12.1. The van der Waals surface area contributed by atoms with Crippen molar-refractivity contribution < 1.29 is 9.59 Å². The molecule has 7 heteroatoms. The molecule has 7 nitrogen and oxygen atoms in total. The molecule has 1 saturated heterocycles. The Labute approximate surface area is 146 Å². The van der Waals surface area contributed by atoms with Gasteiger partial charge >= 0.3 is 0 Å². The van der Waals surface area contributed by atoms with Crippen molar-refractivity contribution >= 4 is 11.8 Å². The lowest BCUT2D eigenvalue weighted by atomic mass is 10.00. The van der Waals surface area contributed by atoms with E-state index < -0.39 is 0 Å². The van der Waals surface area contributed by atoms with Crippen molar-refractivity contribution in [3.63, 3.8) is 0 Å². The van der Waals surface area contributed by atoms with E-state index in [-0.39, 0.29) is 17.9 Å². The van der Waals surface area contributed by atoms with Gasteiger partial charge in [0.1, 0.15) is 5.69 Å². The minimum absolute atomic E-state index is 0.0268. The molecule has 1 N–H and O–H groups in total. The highest BCUT2D eigenvalue weighted by Crippen LogP contribution is 2.25. The van der Waals surface area contributed by atoms with Gasteiger partial charge in [-0.2, -0.15) is 0 Å². The summed E-state index contributed by atoms with van der Waals surface area (Å²) in [5.41, 5.74) is 1.98. The summed E-state index contributed by atoms with van der Waals surface area (Å²) >= 11 is 0. The molecule has 130 valence electrons. The van der Waals surface area contributed by atoms with Gasteiger partial charge in [-0.3, -0.25) is 19.5 Å². The first-order valence-corrected chi connectivity index (χ1v) is 8.17. The van der Waals surface area contributed by atoms with Crippen LogP contribution < -0.4 is 5.32 Å². The van der Waals surface area contributed by atoms with Crippen molar-refractivity contribution in [2.24, 2.45) is 0 Å². The molecule has 0 radical (unpaired) electrons. The molecule has 2 amide bonds. The number of rotatable bonds is 3. The second-order valence-electron chi connectivity index (χ2n) is 6.04. The van der Waals surface area contributed by atoms with Crippen molar-refractivity contribution in [2.45, 2.75) is 6.04 Å². The second kappa shape index (κ2) is 7.40. The zero-order chi connectivity index (χ0) is 17.8. The van der Waals surface area contributed by atoms with E-state index in [4.69, 9.17) is 0 Å². The fourth-order valence-electron chi connectivity index (χ4n) is 3.02. The zero-order valence-corrected chi connectivity index (χ0v) is 14.3. The summed E-state index contributed by atoms with van der Waals surface area (Å²) in [6, 6.07) is 7.56. The Kier molecular flexibility index (Phi) is 5.04. The van der Waals surface area contributed by atoms with E-state index in [1.165, 1.54) is 12.4 Å². The largest absolute Gasteiger partial charge is 0.355 e. The van der Waals surface area contributed by atoms with Crippen LogP contribution in [0.5, 0.6) is 0 Å². The minimum atomic E-state index is -0.118. The zero-order valence-electron chi connectivity index (χ0n) is 14.3. The van der Waals surface area contributed by atoms with Gasteiger partial charge in [0.15, 0.2) is 0 Å². The molecule has 1 unspecified atom stereocenters. The molecule has 0 aliphatic carbocycles. The third kappa shape index (κ3) is 3.66. The maximum absolute atomic E-state index is 12.6. The average molecular weight is 339 g/mol. The van der Waals surface area contributed by atoms with Crippen LogP contribution in [0.15, 0.2) is 42.9 Å². The smallest absolute Gasteiger partial charge is 0.274 e. The number of hydrogen-bond donors (Lipinski definition) is 1. The van der Waals surface area contributed by atoms with E-state index in [0.717, 1.165) is 12.1 Å². The molecule has 1 atom stereocenters. The fourth-order valence-corrected chi connectivity index (χ4v) is 3.02. The van der Waals surface area contributed by atoms with Crippen molar-refractivity contribution in [1.82, 2.24) is 25.1 Å². The maximum atomic E-state index is 12.6. The summed E-state index contributed by atoms with van der Waals surface area (Å²) in [7, 11) is 3.64. The lowest BCUT2D eigenvalue weighted by molar-refractivity contribution is 0.0540. The molecule has 3 rings (SSSR count). The predicted octanol–water partition coefficient (Wildman–Crippen LogP) is 0.965. The third-order valence-corrected chi connectivity index (χ3v) is 4.48. The number of carbonyl (C=O) groups is 2. The van der Waals surface area contributed by atoms with Crippen molar-refractivity contribution in [2.75, 3.05) is 33.7 Å². The Balaban J connectivity index is 1.82. The van der Waals surface area contributed by atoms with Crippen LogP contribution in [0.2, 0.25) is 0 Å². The Morgan fingerprint density at radius 3 is 2.80 bits per heavy atom. The van der Waals surface area contributed by atoms with E-state index in [1.54, 1.807) is 24.2 Å². The molecule has 0 saturated carbocycles. The van der Waals surface area contributed by atoms with E-state index in [9.17, 15) is 9.59 Å². The molecule has 25 heavy (non-hydrogen) atoms. The quantitative estimate of drug-likeness (QED) is 0.901. The van der Waals surface area contributed by atoms with Crippen molar-refractivity contribution in [3.05, 3.63) is 59.7 Å². The molecule has 0 spiro atoms. The molecule has 0 bridgehead atoms. The number of nitrogens with zero attached hydrogens (tertiary/aromatic N) is 4. The highest BCUT2D eigenvalue weighted by atomic mass is 16.2. The Morgan fingerprint density at radius 2 is 2.08 bits per heavy atom. The summed E-state index contributed by atoms with van der Waals surface area (Å²) in [5.74, 6) is -0.235. The Hall–Kier alpha value is -2.80. The molecular weight excluding hydrogens is 318 g/mol. The number of benzene rings is 1. The van der Waals surface area contributed by atoms with Crippen molar-refractivity contribution in [3.8, 4) is 0 Å². The van der Waals surface area contributed by atoms with Gasteiger partial charge in [-0.1, -0.05) is 12.1 Å². The SMILES string of the molecule is CNC(=O)c1cccc(C2CN(C(=O)c3cnccn3)CCN2C)c1. The molecule has 1 aliphatic rings. The molecule has 1 aromatic carbocycles. The van der Waals surface area contributed by atoms with Crippen LogP contribution in [-0.2, 0) is 0 Å². The van der Waals surface area contributed by atoms with Gasteiger partial charge in [0, 0.05) is 44.6 Å². The Bertz CT molecular complexity index is 765. The average Bonchev–Trinajstić information content (AvgIpc) is 2.68. The van der Waals surface area contributed by atoms with Crippen LogP contribution in [-0.4, -0.2) is 65.3 Å². The first kappa shape index (κ1) is 17.0. The van der Waals surface area contributed by atoms with Crippen LogP contribution >= 0.6 is 0 Å². The summed E-state index contributed by atoms with van der Waals surface area (Å²) < 4.78 is 0. The number of nitrogens with one attached hydrogen (secondary N) is 1. The second-order valence-corrected chi connectivity index (χ2v) is 6.04. The van der Waals surface area contributed by atoms with Gasteiger partial charge < -0.3 is 10.2 Å². The monoisotopic (exact) mass is 339 g/mol. The fraction of sp³-hybridized carbons (Fsp3) is 0.333. The summed E-state index contributed by atoms with van der Waals surface area (Å²) in [4.78, 5) is 36.6. The van der Waals surface area contributed by atoms with Crippen LogP contribution in [0, 0.1) is 0 Å². The van der Waals surface area contributed by atoms with Crippen LogP contribution in [0.1, 0.15) is 32.5 Å². The number of piperazine rings is 1. The number of likely N-dealkylation sites (N-methyl/N-ethyl adjacent to an activating group) is 1. The molecule has 1 aromatic heterocycles. The van der Waals surface area contributed by atoms with Gasteiger partial charge in [-0.15, -0.1) is 0 Å². The van der Waals surface area contributed by atoms with Gasteiger partial charge in [-0.05, 0) is 24.7 Å². The molecule has 1 fully saturated rings. The van der Waals surface area contributed by atoms with Gasteiger partial charge in [-0.25, -0.2) is 4.98 Å². The maximum Gasteiger partial charge on any atom is 0.274 e. The van der Waals surface area contributed by atoms with E-state index >= 15 is 0 Å². The van der Waals surface area contributed by atoms with E-state index in [0.29, 0.717) is 24.3 Å². The molecule has 2 aromatic rings. The van der Waals surface area contributed by atoms with Crippen LogP contribution in [0.3, 0.4) is 0 Å². The molecule has 2 heterocycles. The normalized spacial score (nSPS) is 18.0. The van der Waals surface area contributed by atoms with Gasteiger partial charge in [0.25, 0.3) is 11.8 Å². The molecular formula is C18H21N5O2. The van der Waals surface area contributed by atoms with Gasteiger partial charge in [0.2, 0.25) is 0 Å². The van der Waals surface area contributed by atoms with E-state index in [1.807, 2.05) is 25.2 Å². The standard InChI is InChI=1S/C18H21N5O2/c1-19-17(24)14-5-3-4-13(10-14)16-12-23(9-8-22(16)2)18(25)15-11-20-6-7-21-15/h3-7,10-11,16H,8-9,12H2,1-2H3,(H,19,24). The number of aromatic nitrogens is 2. The summed E-state index contributed by atoms with van der Waals surface area (Å²) in [6.07, 6.45) is 4.56. The molecule has 1 aliphatic heterocycles. The first-order valence-electron chi connectivity index (χ1n) is 8.17. The lowest BCUT2D eigenvalue weighted by Crippen LogP contribution is -2.49. The number of amides is 2. The van der Waals surface area contributed by atoms with Gasteiger partial charge in [0.05, 0.1) is 12.2 Å². The van der Waals surface area contributed by atoms with E-state index in [2.05, 4.69) is 20.2 Å². The highest BCUT2D eigenvalue weighted by Gasteiger charge is 2.29. The number of hydrogen-bond acceptors (Lipinski definition) is 5. The lowest BCUT2D eigenvalue weighted by Gasteiger charge is -2.39. The topological polar surface area (TPSA) is 78.4 Å². The summed E-state index contributed by atoms with van der Waals surface area (Å²) in [6.45, 7) is 1.93. The number of carbonyl (C=O) groups excluding carboxylic acids is 2. The van der Waals surface area contributed by atoms with Crippen molar-refractivity contribution in [1.29, 1.82) is 0 Å². The third-order valence-electron chi connectivity index (χ3n) is 4.48. The highest BCUT2D eigenvalue weighted by molar-refractivity contribution is 5.94. The van der Waals surface area contributed by atoms with Crippen LogP contribution in [0.25, 0.3) is 0 Å². The summed E-state index contributed by atoms with van der Waals surface area (Å²) in [5, 5.41) is 2.64. The predicted molar refractivity (Wildman–Crippen MR) is 93.1 cm³/mol. The van der Waals surface area contributed by atoms with Crippen LogP contribution in [0.4, 0.5) is 0 Å². The minimum Gasteiger partial charge on any atom is -0.355 e. The Morgan fingerprint density at radius 1 is 1.24 bits per heavy atom.